The maximum Gasteiger partial charge on any atom is 0.227 e. The minimum absolute atomic E-state index is 0.0293. The number of benzene rings is 2. The summed E-state index contributed by atoms with van der Waals surface area (Å²) in [6, 6.07) is 9.44. The Bertz CT molecular complexity index is 1160. The summed E-state index contributed by atoms with van der Waals surface area (Å²) >= 11 is 0. The molecule has 0 saturated heterocycles. The first-order valence-electron chi connectivity index (χ1n) is 9.12. The van der Waals surface area contributed by atoms with Crippen LogP contribution in [-0.2, 0) is 26.8 Å². The molecule has 0 radical (unpaired) electrons. The minimum atomic E-state index is -3.76. The van der Waals surface area contributed by atoms with Gasteiger partial charge >= 0.3 is 0 Å². The highest BCUT2D eigenvalue weighted by Crippen LogP contribution is 2.29. The van der Waals surface area contributed by atoms with Gasteiger partial charge in [0.15, 0.2) is 15.7 Å². The Hall–Kier alpha value is -3.47. The van der Waals surface area contributed by atoms with Crippen LogP contribution in [0, 0.1) is 5.82 Å². The van der Waals surface area contributed by atoms with Crippen molar-refractivity contribution in [3.63, 3.8) is 0 Å². The maximum absolute atomic E-state index is 13.0. The summed E-state index contributed by atoms with van der Waals surface area (Å²) in [6.07, 6.45) is 0.148. The molecule has 0 unspecified atom stereocenters. The molecule has 3 aromatic rings. The second kappa shape index (κ2) is 9.56. The minimum Gasteiger partial charge on any atom is -0.497 e. The van der Waals surface area contributed by atoms with Gasteiger partial charge in [-0.3, -0.25) is 4.79 Å². The monoisotopic (exact) mass is 449 g/mol. The van der Waals surface area contributed by atoms with Gasteiger partial charge in [-0.05, 0) is 36.4 Å². The van der Waals surface area contributed by atoms with Gasteiger partial charge in [0, 0.05) is 18.9 Å². The number of anilines is 1. The van der Waals surface area contributed by atoms with Crippen molar-refractivity contribution in [1.82, 2.24) is 10.1 Å². The number of sulfone groups is 1. The zero-order valence-electron chi connectivity index (χ0n) is 16.8. The van der Waals surface area contributed by atoms with E-state index >= 15 is 0 Å². The number of hydrogen-bond acceptors (Lipinski definition) is 8. The Labute approximate surface area is 178 Å². The molecule has 1 aromatic heterocycles. The largest absolute Gasteiger partial charge is 0.497 e. The van der Waals surface area contributed by atoms with E-state index in [1.807, 2.05) is 0 Å². The summed E-state index contributed by atoms with van der Waals surface area (Å²) in [6.45, 7) is 0. The SMILES string of the molecule is COc1ccc(NC(=O)CCc2nc(CS(=O)(=O)c3ccc(F)cc3)no2)c(OC)c1. The predicted octanol–water partition coefficient (Wildman–Crippen LogP) is 2.77. The lowest BCUT2D eigenvalue weighted by Gasteiger charge is -2.11. The molecule has 0 aliphatic heterocycles. The number of methoxy groups -OCH3 is 2. The van der Waals surface area contributed by atoms with Crippen LogP contribution in [0.25, 0.3) is 0 Å². The van der Waals surface area contributed by atoms with Crippen LogP contribution in [0.3, 0.4) is 0 Å². The normalized spacial score (nSPS) is 11.2. The van der Waals surface area contributed by atoms with Crippen LogP contribution < -0.4 is 14.8 Å². The molecule has 2 aromatic carbocycles. The zero-order valence-corrected chi connectivity index (χ0v) is 17.6. The molecule has 0 aliphatic rings. The number of aryl methyl sites for hydroxylation is 1. The molecular weight excluding hydrogens is 429 g/mol. The molecule has 0 fully saturated rings. The summed E-state index contributed by atoms with van der Waals surface area (Å²) in [5.41, 5.74) is 0.477. The highest BCUT2D eigenvalue weighted by molar-refractivity contribution is 7.90. The maximum atomic E-state index is 13.0. The summed E-state index contributed by atoms with van der Waals surface area (Å²) in [7, 11) is -0.756. The van der Waals surface area contributed by atoms with Gasteiger partial charge in [-0.1, -0.05) is 5.16 Å². The summed E-state index contributed by atoms with van der Waals surface area (Å²) < 4.78 is 53.1. The third-order valence-corrected chi connectivity index (χ3v) is 5.88. The molecule has 31 heavy (non-hydrogen) atoms. The number of carbonyl (C=O) groups is 1. The van der Waals surface area contributed by atoms with Gasteiger partial charge in [-0.2, -0.15) is 4.98 Å². The van der Waals surface area contributed by atoms with E-state index in [0.717, 1.165) is 12.1 Å². The van der Waals surface area contributed by atoms with Gasteiger partial charge in [0.2, 0.25) is 11.8 Å². The van der Waals surface area contributed by atoms with E-state index in [-0.39, 0.29) is 35.4 Å². The van der Waals surface area contributed by atoms with Crippen LogP contribution in [0.15, 0.2) is 51.9 Å². The lowest BCUT2D eigenvalue weighted by atomic mass is 10.2. The highest BCUT2D eigenvalue weighted by atomic mass is 32.2. The van der Waals surface area contributed by atoms with E-state index in [1.165, 1.54) is 26.4 Å². The Morgan fingerprint density at radius 2 is 1.87 bits per heavy atom. The van der Waals surface area contributed by atoms with Crippen LogP contribution in [0.1, 0.15) is 18.1 Å². The number of amides is 1. The number of halogens is 1. The topological polar surface area (TPSA) is 121 Å². The van der Waals surface area contributed by atoms with E-state index < -0.39 is 21.4 Å². The lowest BCUT2D eigenvalue weighted by molar-refractivity contribution is -0.116. The van der Waals surface area contributed by atoms with Gasteiger partial charge in [0.1, 0.15) is 23.1 Å². The first kappa shape index (κ1) is 22.2. The fourth-order valence-electron chi connectivity index (χ4n) is 2.68. The van der Waals surface area contributed by atoms with Crippen molar-refractivity contribution in [3.05, 3.63) is 60.0 Å². The van der Waals surface area contributed by atoms with Crippen LogP contribution in [0.2, 0.25) is 0 Å². The molecule has 9 nitrogen and oxygen atoms in total. The molecule has 1 heterocycles. The number of ether oxygens (including phenoxy) is 2. The van der Waals surface area contributed by atoms with Crippen LogP contribution in [-0.4, -0.2) is 38.7 Å². The van der Waals surface area contributed by atoms with Gasteiger partial charge in [0.05, 0.1) is 24.8 Å². The van der Waals surface area contributed by atoms with Crippen molar-refractivity contribution in [2.24, 2.45) is 0 Å². The smallest absolute Gasteiger partial charge is 0.227 e. The quantitative estimate of drug-likeness (QED) is 0.495. The summed E-state index contributed by atoms with van der Waals surface area (Å²) in [4.78, 5) is 16.2. The Morgan fingerprint density at radius 3 is 2.55 bits per heavy atom. The van der Waals surface area contributed by atoms with Crippen molar-refractivity contribution >= 4 is 21.4 Å². The third-order valence-electron chi connectivity index (χ3n) is 4.25. The van der Waals surface area contributed by atoms with Crippen molar-refractivity contribution < 1.29 is 31.6 Å². The molecule has 0 saturated carbocycles. The van der Waals surface area contributed by atoms with Gasteiger partial charge in [-0.25, -0.2) is 12.8 Å². The number of nitrogens with one attached hydrogen (secondary N) is 1. The van der Waals surface area contributed by atoms with Gasteiger partial charge < -0.3 is 19.3 Å². The van der Waals surface area contributed by atoms with Crippen LogP contribution >= 0.6 is 0 Å². The molecule has 3 rings (SSSR count). The average Bonchev–Trinajstić information content (AvgIpc) is 3.19. The standard InChI is InChI=1S/C20H20FN3O6S/c1-28-14-5-8-16(17(11-14)29-2)22-19(25)9-10-20-23-18(24-30-20)12-31(26,27)15-6-3-13(21)4-7-15/h3-8,11H,9-10,12H2,1-2H3,(H,22,25). The van der Waals surface area contributed by atoms with E-state index in [2.05, 4.69) is 15.5 Å². The molecule has 0 aliphatic carbocycles. The Morgan fingerprint density at radius 1 is 1.13 bits per heavy atom. The molecule has 0 atom stereocenters. The first-order chi connectivity index (χ1) is 14.8. The average molecular weight is 449 g/mol. The molecule has 11 heteroatoms. The Kier molecular flexibility index (Phi) is 6.85. The van der Waals surface area contributed by atoms with Crippen LogP contribution in [0.5, 0.6) is 11.5 Å². The van der Waals surface area contributed by atoms with Gasteiger partial charge in [-0.15, -0.1) is 0 Å². The summed E-state index contributed by atoms with van der Waals surface area (Å²) in [5, 5.41) is 6.37. The zero-order chi connectivity index (χ0) is 22.4. The molecule has 1 amide bonds. The van der Waals surface area contributed by atoms with E-state index in [4.69, 9.17) is 14.0 Å². The lowest BCUT2D eigenvalue weighted by Crippen LogP contribution is -2.13. The van der Waals surface area contributed by atoms with E-state index in [1.54, 1.807) is 18.2 Å². The Balaban J connectivity index is 1.58. The fraction of sp³-hybridized carbons (Fsp3) is 0.250. The number of carbonyl (C=O) groups excluding carboxylic acids is 1. The number of aromatic nitrogens is 2. The van der Waals surface area contributed by atoms with Gasteiger partial charge in [0.25, 0.3) is 0 Å². The van der Waals surface area contributed by atoms with Crippen molar-refractivity contribution in [1.29, 1.82) is 0 Å². The molecule has 164 valence electrons. The number of hydrogen-bond donors (Lipinski definition) is 1. The van der Waals surface area contributed by atoms with Crippen molar-refractivity contribution in [2.45, 2.75) is 23.5 Å². The highest BCUT2D eigenvalue weighted by Gasteiger charge is 2.20. The van der Waals surface area contributed by atoms with E-state index in [0.29, 0.717) is 17.2 Å². The number of rotatable bonds is 9. The van der Waals surface area contributed by atoms with Crippen LogP contribution in [0.4, 0.5) is 10.1 Å². The first-order valence-corrected chi connectivity index (χ1v) is 10.8. The molecule has 0 spiro atoms. The summed E-state index contributed by atoms with van der Waals surface area (Å²) in [5.74, 6) is -0.244. The molecule has 1 N–H and O–H groups in total. The fourth-order valence-corrected chi connectivity index (χ4v) is 3.86. The predicted molar refractivity (Wildman–Crippen MR) is 108 cm³/mol. The molecular formula is C20H20FN3O6S. The molecule has 0 bridgehead atoms. The second-order valence-corrected chi connectivity index (χ2v) is 8.42. The third kappa shape index (κ3) is 5.79. The van der Waals surface area contributed by atoms with Crippen molar-refractivity contribution in [2.75, 3.05) is 19.5 Å². The van der Waals surface area contributed by atoms with E-state index in [9.17, 15) is 17.6 Å². The number of nitrogens with zero attached hydrogens (tertiary/aromatic N) is 2. The second-order valence-electron chi connectivity index (χ2n) is 6.43. The van der Waals surface area contributed by atoms with Crippen molar-refractivity contribution in [3.8, 4) is 11.5 Å².